The molecule has 152 valence electrons. The number of hydrogen-bond acceptors (Lipinski definition) is 3. The van der Waals surface area contributed by atoms with E-state index < -0.39 is 4.30 Å². The van der Waals surface area contributed by atoms with Crippen LogP contribution in [0.4, 0.5) is 0 Å². The molecule has 4 rings (SSSR count). The molecule has 0 spiro atoms. The molecule has 0 bridgehead atoms. The Kier molecular flexibility index (Phi) is 6.94. The molecule has 2 heterocycles. The number of likely N-dealkylation sites (N-methyl/N-ethyl adjacent to an activating group) is 1. The number of hydrogen-bond donors (Lipinski definition) is 3. The zero-order valence-corrected chi connectivity index (χ0v) is 18.0. The summed E-state index contributed by atoms with van der Waals surface area (Å²) >= 11 is 14.4. The molecule has 1 aliphatic carbocycles. The number of aliphatic hydroxyl groups is 1. The number of H-pyrrole nitrogens is 1. The Morgan fingerprint density at radius 1 is 1.39 bits per heavy atom. The van der Waals surface area contributed by atoms with Crippen molar-refractivity contribution in [3.8, 4) is 0 Å². The summed E-state index contributed by atoms with van der Waals surface area (Å²) in [6.07, 6.45) is 5.22. The monoisotopic (exact) mass is 443 g/mol. The molecule has 2 aromatic rings. The summed E-state index contributed by atoms with van der Waals surface area (Å²) in [6.45, 7) is 2.47. The van der Waals surface area contributed by atoms with Crippen molar-refractivity contribution < 1.29 is 9.90 Å². The molecule has 5 nitrogen and oxygen atoms in total. The molecule has 28 heavy (non-hydrogen) atoms. The fraction of sp³-hybridized carbons (Fsp3) is 0.450. The van der Waals surface area contributed by atoms with Crippen molar-refractivity contribution in [1.29, 1.82) is 0 Å². The smallest absolute Gasteiger partial charge is 0.228 e. The van der Waals surface area contributed by atoms with Gasteiger partial charge in [-0.25, -0.2) is 0 Å². The minimum absolute atomic E-state index is 0.0126. The topological polar surface area (TPSA) is 68.4 Å². The van der Waals surface area contributed by atoms with E-state index in [0.29, 0.717) is 12.6 Å². The maximum Gasteiger partial charge on any atom is 0.228 e. The van der Waals surface area contributed by atoms with Gasteiger partial charge in [0.15, 0.2) is 4.30 Å². The molecule has 3 N–H and O–H groups in total. The van der Waals surface area contributed by atoms with Gasteiger partial charge in [0.25, 0.3) is 0 Å². The molecule has 1 aromatic heterocycles. The predicted molar refractivity (Wildman–Crippen MR) is 116 cm³/mol. The second-order valence-electron chi connectivity index (χ2n) is 7.27. The fourth-order valence-corrected chi connectivity index (χ4v) is 4.01. The van der Waals surface area contributed by atoms with Gasteiger partial charge in [0.1, 0.15) is 0 Å². The Bertz CT molecular complexity index is 878. The number of aliphatic hydroxyl groups excluding tert-OH is 1. The van der Waals surface area contributed by atoms with E-state index in [4.69, 9.17) is 39.9 Å². The summed E-state index contributed by atoms with van der Waals surface area (Å²) in [5.41, 5.74) is 4.99. The second kappa shape index (κ2) is 9.06. The number of fused-ring (bicyclic) bond motifs is 2. The Morgan fingerprint density at radius 3 is 2.79 bits per heavy atom. The van der Waals surface area contributed by atoms with Gasteiger partial charge in [-0.1, -0.05) is 53.0 Å². The van der Waals surface area contributed by atoms with Crippen LogP contribution in [0.2, 0.25) is 0 Å². The largest absolute Gasteiger partial charge is 0.394 e. The summed E-state index contributed by atoms with van der Waals surface area (Å²) in [6, 6.07) is 6.42. The standard InChI is InChI=1S/C19H23N3O2.CHCl3/c1-11(10-23)21-19(24)13-6-15-14-4-3-5-16-18(14)12(8-20-16)7-17(15)22(2)9-13;2-1(3)4/h3-6,8,11,13,17,20,23H,7,9-10H2,1-2H3,(H,21,24);1H/t11-,13+,17+;/m0./s1. The highest BCUT2D eigenvalue weighted by atomic mass is 35.6. The van der Waals surface area contributed by atoms with E-state index in [-0.39, 0.29) is 24.5 Å². The minimum atomic E-state index is -0.750. The Balaban J connectivity index is 0.000000516. The quantitative estimate of drug-likeness (QED) is 0.635. The molecule has 8 heteroatoms. The Morgan fingerprint density at radius 2 is 2.11 bits per heavy atom. The lowest BCUT2D eigenvalue weighted by Crippen LogP contribution is -2.48. The Hall–Kier alpha value is -1.24. The van der Waals surface area contributed by atoms with Gasteiger partial charge in [-0.05, 0) is 43.2 Å². The summed E-state index contributed by atoms with van der Waals surface area (Å²) in [5, 5.41) is 13.3. The number of rotatable bonds is 3. The highest BCUT2D eigenvalue weighted by Crippen LogP contribution is 2.40. The Labute approximate surface area is 179 Å². The number of benzene rings is 1. The van der Waals surface area contributed by atoms with Crippen LogP contribution in [0.1, 0.15) is 18.1 Å². The third-order valence-electron chi connectivity index (χ3n) is 5.27. The van der Waals surface area contributed by atoms with E-state index in [1.165, 1.54) is 22.1 Å². The maximum atomic E-state index is 12.5. The van der Waals surface area contributed by atoms with Crippen molar-refractivity contribution in [3.05, 3.63) is 41.6 Å². The molecule has 0 saturated heterocycles. The van der Waals surface area contributed by atoms with Gasteiger partial charge >= 0.3 is 0 Å². The molecule has 0 radical (unpaired) electrons. The third-order valence-corrected chi connectivity index (χ3v) is 5.27. The minimum Gasteiger partial charge on any atom is -0.394 e. The first-order valence-corrected chi connectivity index (χ1v) is 10.5. The van der Waals surface area contributed by atoms with Crippen molar-refractivity contribution in [1.82, 2.24) is 15.2 Å². The number of aromatic amines is 1. The molecule has 1 aromatic carbocycles. The van der Waals surface area contributed by atoms with Gasteiger partial charge in [-0.2, -0.15) is 0 Å². The van der Waals surface area contributed by atoms with E-state index in [9.17, 15) is 4.79 Å². The van der Waals surface area contributed by atoms with Gasteiger partial charge in [-0.3, -0.25) is 9.69 Å². The van der Waals surface area contributed by atoms with E-state index in [2.05, 4.69) is 52.7 Å². The number of carbonyl (C=O) groups is 1. The van der Waals surface area contributed by atoms with E-state index in [0.717, 1.165) is 11.9 Å². The number of halogens is 3. The van der Waals surface area contributed by atoms with Gasteiger partial charge in [0.05, 0.1) is 12.5 Å². The van der Waals surface area contributed by atoms with Crippen LogP contribution in [0.5, 0.6) is 0 Å². The van der Waals surface area contributed by atoms with Crippen molar-refractivity contribution in [3.63, 3.8) is 0 Å². The van der Waals surface area contributed by atoms with Gasteiger partial charge in [0.2, 0.25) is 5.91 Å². The van der Waals surface area contributed by atoms with E-state index in [1.54, 1.807) is 0 Å². The normalized spacial score (nSPS) is 22.2. The number of amides is 1. The molecule has 0 fully saturated rings. The average Bonchev–Trinajstić information content (AvgIpc) is 3.06. The predicted octanol–water partition coefficient (Wildman–Crippen LogP) is 3.52. The van der Waals surface area contributed by atoms with Gasteiger partial charge in [-0.15, -0.1) is 0 Å². The van der Waals surface area contributed by atoms with Crippen LogP contribution in [0.3, 0.4) is 0 Å². The SMILES string of the molecule is C[C@@H](CO)NC(=O)[C@@H]1C=C2c3cccc4[nH]cc(c34)C[C@H]2N(C)C1.ClC(Cl)Cl. The number of carbonyl (C=O) groups excluding carboxylic acids is 1. The first-order chi connectivity index (χ1) is 13.3. The molecule has 0 saturated carbocycles. The highest BCUT2D eigenvalue weighted by Gasteiger charge is 2.35. The molecule has 3 atom stereocenters. The van der Waals surface area contributed by atoms with Crippen LogP contribution in [-0.2, 0) is 11.2 Å². The van der Waals surface area contributed by atoms with Crippen molar-refractivity contribution in [2.24, 2.45) is 5.92 Å². The third kappa shape index (κ3) is 4.50. The fourth-order valence-electron chi connectivity index (χ4n) is 4.01. The van der Waals surface area contributed by atoms with Crippen LogP contribution < -0.4 is 5.32 Å². The van der Waals surface area contributed by atoms with Gasteiger partial charge in [0, 0.05) is 35.7 Å². The highest BCUT2D eigenvalue weighted by molar-refractivity contribution is 6.63. The number of alkyl halides is 3. The number of nitrogens with zero attached hydrogens (tertiary/aromatic N) is 1. The van der Waals surface area contributed by atoms with Crippen LogP contribution >= 0.6 is 34.8 Å². The zero-order chi connectivity index (χ0) is 20.4. The van der Waals surface area contributed by atoms with Crippen LogP contribution in [0.15, 0.2) is 30.5 Å². The molecular weight excluding hydrogens is 421 g/mol. The summed E-state index contributed by atoms with van der Waals surface area (Å²) in [4.78, 5) is 18.2. The summed E-state index contributed by atoms with van der Waals surface area (Å²) < 4.78 is -0.750. The van der Waals surface area contributed by atoms with Crippen molar-refractivity contribution >= 4 is 57.2 Å². The lowest BCUT2D eigenvalue weighted by molar-refractivity contribution is -0.125. The molecule has 2 aliphatic rings. The van der Waals surface area contributed by atoms with Crippen molar-refractivity contribution in [2.75, 3.05) is 20.2 Å². The zero-order valence-electron chi connectivity index (χ0n) is 15.8. The second-order valence-corrected chi connectivity index (χ2v) is 9.25. The maximum absolute atomic E-state index is 12.5. The summed E-state index contributed by atoms with van der Waals surface area (Å²) in [7, 11) is 2.09. The van der Waals surface area contributed by atoms with Crippen LogP contribution in [0.25, 0.3) is 16.5 Å². The van der Waals surface area contributed by atoms with Crippen LogP contribution in [-0.4, -0.2) is 57.5 Å². The van der Waals surface area contributed by atoms with Gasteiger partial charge < -0.3 is 15.4 Å². The molecule has 1 amide bonds. The number of nitrogens with one attached hydrogen (secondary N) is 2. The first-order valence-electron chi connectivity index (χ1n) is 9.16. The van der Waals surface area contributed by atoms with Crippen molar-refractivity contribution in [2.45, 2.75) is 29.7 Å². The molecule has 0 unspecified atom stereocenters. The molecule has 1 aliphatic heterocycles. The average molecular weight is 445 g/mol. The van der Waals surface area contributed by atoms with E-state index in [1.807, 2.05) is 6.92 Å². The first kappa shape index (κ1) is 21.5. The summed E-state index contributed by atoms with van der Waals surface area (Å²) in [5.74, 6) is -0.201. The lowest BCUT2D eigenvalue weighted by Gasteiger charge is -2.39. The van der Waals surface area contributed by atoms with E-state index >= 15 is 0 Å². The lowest BCUT2D eigenvalue weighted by atomic mass is 9.80. The molecular formula is C20H24Cl3N3O2. The number of aromatic nitrogens is 1. The van der Waals surface area contributed by atoms with Crippen LogP contribution in [0, 0.1) is 5.92 Å².